The Labute approximate surface area is 182 Å². The van der Waals surface area contributed by atoms with Gasteiger partial charge in [0.15, 0.2) is 0 Å². The van der Waals surface area contributed by atoms with Crippen LogP contribution in [0.1, 0.15) is 20.4 Å². The minimum atomic E-state index is -0.484. The number of methoxy groups -OCH3 is 1. The molecule has 1 amide bonds. The third-order valence-electron chi connectivity index (χ3n) is 3.96. The number of rotatable bonds is 9. The van der Waals surface area contributed by atoms with Gasteiger partial charge in [-0.1, -0.05) is 11.6 Å². The molecule has 9 heteroatoms. The van der Waals surface area contributed by atoms with E-state index in [1.807, 2.05) is 0 Å². The van der Waals surface area contributed by atoms with Crippen LogP contribution in [0.5, 0.6) is 11.5 Å². The maximum Gasteiger partial charge on any atom is 0.267 e. The number of hydrogen-bond donors (Lipinski definition) is 1. The SMILES string of the molecule is COCCOc1ccc(F)cc1NC(=O)c1sc(COc2ccc(Cl)cc2)nc1C. The lowest BCUT2D eigenvalue weighted by Crippen LogP contribution is -2.14. The van der Waals surface area contributed by atoms with E-state index in [1.54, 1.807) is 38.3 Å². The molecule has 30 heavy (non-hydrogen) atoms. The van der Waals surface area contributed by atoms with E-state index in [9.17, 15) is 9.18 Å². The van der Waals surface area contributed by atoms with Gasteiger partial charge in [-0.25, -0.2) is 9.37 Å². The Morgan fingerprint density at radius 2 is 1.93 bits per heavy atom. The zero-order valence-corrected chi connectivity index (χ0v) is 18.0. The molecule has 6 nitrogen and oxygen atoms in total. The molecule has 158 valence electrons. The van der Waals surface area contributed by atoms with Gasteiger partial charge in [0.1, 0.15) is 40.4 Å². The Bertz CT molecular complexity index is 1010. The number of aromatic nitrogens is 1. The van der Waals surface area contributed by atoms with Crippen LogP contribution < -0.4 is 14.8 Å². The summed E-state index contributed by atoms with van der Waals surface area (Å²) in [6.07, 6.45) is 0. The minimum Gasteiger partial charge on any atom is -0.489 e. The molecule has 0 aliphatic carbocycles. The molecule has 0 bridgehead atoms. The van der Waals surface area contributed by atoms with Gasteiger partial charge < -0.3 is 19.5 Å². The van der Waals surface area contributed by atoms with Gasteiger partial charge in [-0.05, 0) is 43.3 Å². The zero-order valence-electron chi connectivity index (χ0n) is 16.4. The van der Waals surface area contributed by atoms with Crippen LogP contribution in [-0.4, -0.2) is 31.2 Å². The average Bonchev–Trinajstić information content (AvgIpc) is 3.10. The fraction of sp³-hybridized carbons (Fsp3) is 0.238. The fourth-order valence-electron chi connectivity index (χ4n) is 2.54. The molecule has 0 spiro atoms. The molecule has 0 fully saturated rings. The number of carbonyl (C=O) groups is 1. The molecule has 1 N–H and O–H groups in total. The monoisotopic (exact) mass is 450 g/mol. The maximum atomic E-state index is 13.7. The standard InChI is InChI=1S/C21H20ClFN2O4S/c1-13-20(30-19(24-13)12-29-16-6-3-14(22)4-7-16)21(26)25-17-11-15(23)5-8-18(17)28-10-9-27-2/h3-8,11H,9-10,12H2,1-2H3,(H,25,26). The maximum absolute atomic E-state index is 13.7. The second-order valence-corrected chi connectivity index (χ2v) is 7.72. The highest BCUT2D eigenvalue weighted by Gasteiger charge is 2.18. The van der Waals surface area contributed by atoms with Gasteiger partial charge in [0, 0.05) is 18.2 Å². The number of carbonyl (C=O) groups excluding carboxylic acids is 1. The largest absolute Gasteiger partial charge is 0.489 e. The topological polar surface area (TPSA) is 69.7 Å². The number of hydrogen-bond acceptors (Lipinski definition) is 6. The lowest BCUT2D eigenvalue weighted by atomic mass is 10.2. The Morgan fingerprint density at radius 3 is 2.67 bits per heavy atom. The quantitative estimate of drug-likeness (QED) is 0.459. The Morgan fingerprint density at radius 1 is 1.17 bits per heavy atom. The van der Waals surface area contributed by atoms with Gasteiger partial charge in [-0.15, -0.1) is 11.3 Å². The molecule has 0 saturated carbocycles. The first kappa shape index (κ1) is 22.0. The van der Waals surface area contributed by atoms with Gasteiger partial charge in [-0.3, -0.25) is 4.79 Å². The first-order valence-electron chi connectivity index (χ1n) is 9.03. The minimum absolute atomic E-state index is 0.214. The summed E-state index contributed by atoms with van der Waals surface area (Å²) in [4.78, 5) is 17.6. The molecule has 2 aromatic carbocycles. The van der Waals surface area contributed by atoms with Crippen molar-refractivity contribution in [3.8, 4) is 11.5 Å². The van der Waals surface area contributed by atoms with E-state index in [-0.39, 0.29) is 18.9 Å². The summed E-state index contributed by atoms with van der Waals surface area (Å²) in [5.74, 6) is 0.124. The Hall–Kier alpha value is -2.68. The summed E-state index contributed by atoms with van der Waals surface area (Å²) < 4.78 is 29.9. The van der Waals surface area contributed by atoms with E-state index in [0.717, 1.165) is 0 Å². The van der Waals surface area contributed by atoms with Crippen molar-refractivity contribution in [3.05, 3.63) is 68.9 Å². The molecular weight excluding hydrogens is 431 g/mol. The van der Waals surface area contributed by atoms with Crippen molar-refractivity contribution >= 4 is 34.5 Å². The fourth-order valence-corrected chi connectivity index (χ4v) is 3.54. The smallest absolute Gasteiger partial charge is 0.267 e. The summed E-state index contributed by atoms with van der Waals surface area (Å²) >= 11 is 7.07. The number of thiazole rings is 1. The van der Waals surface area contributed by atoms with Crippen molar-refractivity contribution < 1.29 is 23.4 Å². The summed E-state index contributed by atoms with van der Waals surface area (Å²) in [6.45, 7) is 2.59. The molecule has 1 aromatic heterocycles. The third kappa shape index (κ3) is 5.91. The van der Waals surface area contributed by atoms with Gasteiger partial charge in [0.05, 0.1) is 18.0 Å². The molecule has 0 radical (unpaired) electrons. The third-order valence-corrected chi connectivity index (χ3v) is 5.34. The zero-order chi connectivity index (χ0) is 21.5. The molecule has 0 saturated heterocycles. The molecule has 0 unspecified atom stereocenters. The van der Waals surface area contributed by atoms with Crippen molar-refractivity contribution in [2.24, 2.45) is 0 Å². The van der Waals surface area contributed by atoms with Crippen LogP contribution in [0.3, 0.4) is 0 Å². The van der Waals surface area contributed by atoms with Gasteiger partial charge in [-0.2, -0.15) is 0 Å². The first-order chi connectivity index (χ1) is 14.5. The van der Waals surface area contributed by atoms with Crippen molar-refractivity contribution in [2.75, 3.05) is 25.6 Å². The number of anilines is 1. The highest BCUT2D eigenvalue weighted by Crippen LogP contribution is 2.28. The molecule has 0 atom stereocenters. The summed E-state index contributed by atoms with van der Waals surface area (Å²) in [5.41, 5.74) is 0.799. The number of amides is 1. The van der Waals surface area contributed by atoms with Crippen molar-refractivity contribution in [3.63, 3.8) is 0 Å². The number of halogens is 2. The summed E-state index contributed by atoms with van der Waals surface area (Å²) in [5, 5.41) is 3.96. The van der Waals surface area contributed by atoms with Gasteiger partial charge >= 0.3 is 0 Å². The molecule has 1 heterocycles. The second kappa shape index (κ2) is 10.4. The number of aryl methyl sites for hydroxylation is 1. The molecule has 0 aliphatic rings. The number of ether oxygens (including phenoxy) is 3. The van der Waals surface area contributed by atoms with E-state index in [4.69, 9.17) is 25.8 Å². The van der Waals surface area contributed by atoms with E-state index >= 15 is 0 Å². The van der Waals surface area contributed by atoms with E-state index in [1.165, 1.54) is 29.5 Å². The van der Waals surface area contributed by atoms with Crippen LogP contribution in [0.2, 0.25) is 5.02 Å². The molecule has 3 aromatic rings. The van der Waals surface area contributed by atoms with Crippen LogP contribution in [0.15, 0.2) is 42.5 Å². The van der Waals surface area contributed by atoms with Crippen molar-refractivity contribution in [1.29, 1.82) is 0 Å². The second-order valence-electron chi connectivity index (χ2n) is 6.20. The Kier molecular flexibility index (Phi) is 7.62. The van der Waals surface area contributed by atoms with Crippen LogP contribution in [0.25, 0.3) is 0 Å². The predicted octanol–water partition coefficient (Wildman–Crippen LogP) is 5.10. The highest BCUT2D eigenvalue weighted by atomic mass is 35.5. The lowest BCUT2D eigenvalue weighted by molar-refractivity contribution is 0.102. The van der Waals surface area contributed by atoms with Gasteiger partial charge in [0.2, 0.25) is 0 Å². The highest BCUT2D eigenvalue weighted by molar-refractivity contribution is 7.13. The number of nitrogens with zero attached hydrogens (tertiary/aromatic N) is 1. The van der Waals surface area contributed by atoms with E-state index < -0.39 is 11.7 Å². The average molecular weight is 451 g/mol. The summed E-state index contributed by atoms with van der Waals surface area (Å²) in [6, 6.07) is 10.9. The van der Waals surface area contributed by atoms with Crippen LogP contribution in [0, 0.1) is 12.7 Å². The normalized spacial score (nSPS) is 10.7. The predicted molar refractivity (Wildman–Crippen MR) is 114 cm³/mol. The van der Waals surface area contributed by atoms with Crippen molar-refractivity contribution in [1.82, 2.24) is 4.98 Å². The summed E-state index contributed by atoms with van der Waals surface area (Å²) in [7, 11) is 1.55. The van der Waals surface area contributed by atoms with E-state index in [0.29, 0.717) is 38.7 Å². The van der Waals surface area contributed by atoms with Crippen LogP contribution in [-0.2, 0) is 11.3 Å². The molecule has 3 rings (SSSR count). The Balaban J connectivity index is 1.68. The lowest BCUT2D eigenvalue weighted by Gasteiger charge is -2.12. The van der Waals surface area contributed by atoms with Crippen LogP contribution >= 0.6 is 22.9 Å². The first-order valence-corrected chi connectivity index (χ1v) is 10.2. The van der Waals surface area contributed by atoms with Crippen LogP contribution in [0.4, 0.5) is 10.1 Å². The number of nitrogens with one attached hydrogen (secondary N) is 1. The molecule has 0 aliphatic heterocycles. The molecular formula is C21H20ClFN2O4S. The number of benzene rings is 2. The van der Waals surface area contributed by atoms with E-state index in [2.05, 4.69) is 10.3 Å². The van der Waals surface area contributed by atoms with Crippen molar-refractivity contribution in [2.45, 2.75) is 13.5 Å². The van der Waals surface area contributed by atoms with Gasteiger partial charge in [0.25, 0.3) is 5.91 Å².